The van der Waals surface area contributed by atoms with Gasteiger partial charge in [0.15, 0.2) is 0 Å². The van der Waals surface area contributed by atoms with Crippen LogP contribution < -0.4 is 5.32 Å². The van der Waals surface area contributed by atoms with E-state index in [1.807, 2.05) is 6.20 Å². The molecular weight excluding hydrogens is 269 g/mol. The molecule has 0 amide bonds. The van der Waals surface area contributed by atoms with Crippen molar-refractivity contribution in [2.75, 3.05) is 13.1 Å². The summed E-state index contributed by atoms with van der Waals surface area (Å²) in [5.74, 6) is 0.652. The third-order valence-electron chi connectivity index (χ3n) is 3.52. The maximum atomic E-state index is 4.51. The van der Waals surface area contributed by atoms with Crippen molar-refractivity contribution >= 4 is 35.8 Å². The molecule has 0 radical (unpaired) electrons. The molecule has 1 aliphatic heterocycles. The first kappa shape index (κ1) is 15.3. The Bertz CT molecular complexity index is 530. The lowest BCUT2D eigenvalue weighted by molar-refractivity contribution is 0.692. The molecule has 1 aliphatic rings. The van der Waals surface area contributed by atoms with Crippen LogP contribution in [0.3, 0.4) is 0 Å². The average molecular weight is 288 g/mol. The van der Waals surface area contributed by atoms with Crippen molar-refractivity contribution in [1.82, 2.24) is 14.9 Å². The number of nitrogens with zero attached hydrogens (tertiary/aromatic N) is 2. The van der Waals surface area contributed by atoms with Gasteiger partial charge in [0.1, 0.15) is 5.65 Å². The van der Waals surface area contributed by atoms with Gasteiger partial charge >= 0.3 is 0 Å². The number of rotatable bonds is 1. The summed E-state index contributed by atoms with van der Waals surface area (Å²) in [6.45, 7) is 4.33. The third-order valence-corrected chi connectivity index (χ3v) is 3.52. The van der Waals surface area contributed by atoms with Crippen LogP contribution in [0.4, 0.5) is 0 Å². The summed E-state index contributed by atoms with van der Waals surface area (Å²) in [4.78, 5) is 4.51. The molecule has 3 nitrogen and oxygen atoms in total. The quantitative estimate of drug-likeness (QED) is 0.874. The summed E-state index contributed by atoms with van der Waals surface area (Å²) >= 11 is 0. The third kappa shape index (κ3) is 2.48. The summed E-state index contributed by atoms with van der Waals surface area (Å²) in [6, 6.07) is 4.52. The number of hydrogen-bond acceptors (Lipinski definition) is 2. The second-order valence-electron chi connectivity index (χ2n) is 4.74. The summed E-state index contributed by atoms with van der Waals surface area (Å²) in [5.41, 5.74) is 3.75. The van der Waals surface area contributed by atoms with Gasteiger partial charge in [0, 0.05) is 36.8 Å². The van der Waals surface area contributed by atoms with Gasteiger partial charge in [0.2, 0.25) is 0 Å². The molecule has 2 aromatic rings. The van der Waals surface area contributed by atoms with E-state index in [4.69, 9.17) is 0 Å². The Balaban J connectivity index is 0.000000810. The molecule has 0 saturated carbocycles. The van der Waals surface area contributed by atoms with E-state index in [9.17, 15) is 0 Å². The van der Waals surface area contributed by atoms with Crippen molar-refractivity contribution in [3.63, 3.8) is 0 Å². The van der Waals surface area contributed by atoms with E-state index in [2.05, 4.69) is 41.0 Å². The summed E-state index contributed by atoms with van der Waals surface area (Å²) in [6.07, 6.45) is 3.18. The highest BCUT2D eigenvalue weighted by molar-refractivity contribution is 5.85. The Hall–Kier alpha value is -0.770. The second-order valence-corrected chi connectivity index (χ2v) is 4.74. The monoisotopic (exact) mass is 287 g/mol. The maximum Gasteiger partial charge on any atom is 0.139 e. The van der Waals surface area contributed by atoms with Crippen LogP contribution in [0.2, 0.25) is 0 Å². The Morgan fingerprint density at radius 3 is 2.78 bits per heavy atom. The number of aromatic nitrogens is 2. The summed E-state index contributed by atoms with van der Waals surface area (Å²) in [7, 11) is 2.12. The molecule has 0 aliphatic carbocycles. The lowest BCUT2D eigenvalue weighted by Gasteiger charge is -2.09. The first-order valence-electron chi connectivity index (χ1n) is 5.88. The Morgan fingerprint density at radius 1 is 1.33 bits per heavy atom. The van der Waals surface area contributed by atoms with E-state index in [0.29, 0.717) is 5.92 Å². The molecule has 3 rings (SSSR count). The van der Waals surface area contributed by atoms with E-state index in [1.54, 1.807) is 0 Å². The SMILES string of the molecule is Cc1cnc2c(c1)cc(C1CCNC1)n2C.Cl.Cl. The zero-order valence-electron chi connectivity index (χ0n) is 10.6. The van der Waals surface area contributed by atoms with Crippen LogP contribution in [0.15, 0.2) is 18.3 Å². The van der Waals surface area contributed by atoms with Crippen LogP contribution in [0.5, 0.6) is 0 Å². The average Bonchev–Trinajstić information content (AvgIpc) is 2.86. The highest BCUT2D eigenvalue weighted by Crippen LogP contribution is 2.27. The second kappa shape index (κ2) is 5.91. The van der Waals surface area contributed by atoms with Crippen molar-refractivity contribution in [1.29, 1.82) is 0 Å². The first-order chi connectivity index (χ1) is 7.75. The van der Waals surface area contributed by atoms with Crippen LogP contribution >= 0.6 is 24.8 Å². The molecule has 0 spiro atoms. The Kier molecular flexibility index (Phi) is 5.02. The standard InChI is InChI=1S/C13H17N3.2ClH/c1-9-5-11-6-12(10-3-4-14-8-10)16(2)13(11)15-7-9;;/h5-7,10,14H,3-4,8H2,1-2H3;2*1H. The van der Waals surface area contributed by atoms with Crippen molar-refractivity contribution in [2.45, 2.75) is 19.3 Å². The van der Waals surface area contributed by atoms with Crippen molar-refractivity contribution in [2.24, 2.45) is 7.05 Å². The van der Waals surface area contributed by atoms with Gasteiger partial charge in [-0.3, -0.25) is 0 Å². The molecule has 1 atom stereocenters. The van der Waals surface area contributed by atoms with Gasteiger partial charge in [-0.1, -0.05) is 0 Å². The van der Waals surface area contributed by atoms with Crippen LogP contribution in [0.1, 0.15) is 23.6 Å². The normalized spacial score (nSPS) is 18.4. The molecule has 3 heterocycles. The summed E-state index contributed by atoms with van der Waals surface area (Å²) < 4.78 is 2.24. The van der Waals surface area contributed by atoms with Crippen molar-refractivity contribution < 1.29 is 0 Å². The molecule has 18 heavy (non-hydrogen) atoms. The molecule has 1 unspecified atom stereocenters. The molecule has 100 valence electrons. The number of halogens is 2. The fraction of sp³-hybridized carbons (Fsp3) is 0.462. The zero-order chi connectivity index (χ0) is 11.1. The maximum absolute atomic E-state index is 4.51. The fourth-order valence-electron chi connectivity index (χ4n) is 2.65. The molecule has 1 saturated heterocycles. The smallest absolute Gasteiger partial charge is 0.139 e. The number of fused-ring (bicyclic) bond motifs is 1. The minimum Gasteiger partial charge on any atom is -0.332 e. The molecule has 0 aromatic carbocycles. The largest absolute Gasteiger partial charge is 0.332 e. The number of aryl methyl sites for hydroxylation is 2. The molecule has 1 fully saturated rings. The van der Waals surface area contributed by atoms with Crippen LogP contribution in [-0.2, 0) is 7.05 Å². The van der Waals surface area contributed by atoms with Crippen LogP contribution in [0.25, 0.3) is 11.0 Å². The van der Waals surface area contributed by atoms with E-state index in [0.717, 1.165) is 18.7 Å². The minimum atomic E-state index is 0. The van der Waals surface area contributed by atoms with Crippen molar-refractivity contribution in [3.05, 3.63) is 29.6 Å². The molecule has 2 aromatic heterocycles. The van der Waals surface area contributed by atoms with Gasteiger partial charge in [-0.25, -0.2) is 4.98 Å². The van der Waals surface area contributed by atoms with Gasteiger partial charge in [0.05, 0.1) is 0 Å². The van der Waals surface area contributed by atoms with E-state index >= 15 is 0 Å². The molecule has 0 bridgehead atoms. The lowest BCUT2D eigenvalue weighted by Crippen LogP contribution is -2.10. The highest BCUT2D eigenvalue weighted by atomic mass is 35.5. The topological polar surface area (TPSA) is 29.9 Å². The fourth-order valence-corrected chi connectivity index (χ4v) is 2.65. The highest BCUT2D eigenvalue weighted by Gasteiger charge is 2.20. The number of nitrogens with one attached hydrogen (secondary N) is 1. The molecule has 5 heteroatoms. The van der Waals surface area contributed by atoms with E-state index < -0.39 is 0 Å². The predicted molar refractivity (Wildman–Crippen MR) is 80.2 cm³/mol. The van der Waals surface area contributed by atoms with Crippen molar-refractivity contribution in [3.8, 4) is 0 Å². The Morgan fingerprint density at radius 2 is 2.11 bits per heavy atom. The van der Waals surface area contributed by atoms with Crippen LogP contribution in [0, 0.1) is 6.92 Å². The van der Waals surface area contributed by atoms with Gasteiger partial charge in [-0.15, -0.1) is 24.8 Å². The summed E-state index contributed by atoms with van der Waals surface area (Å²) in [5, 5.41) is 4.69. The molecule has 1 N–H and O–H groups in total. The van der Waals surface area contributed by atoms with E-state index in [1.165, 1.54) is 23.1 Å². The molecular formula is C13H19Cl2N3. The Labute approximate surface area is 120 Å². The van der Waals surface area contributed by atoms with Gasteiger partial charge in [-0.05, 0) is 37.6 Å². The zero-order valence-corrected chi connectivity index (χ0v) is 12.3. The minimum absolute atomic E-state index is 0. The predicted octanol–water partition coefficient (Wildman–Crippen LogP) is 2.80. The van der Waals surface area contributed by atoms with Crippen LogP contribution in [-0.4, -0.2) is 22.6 Å². The van der Waals surface area contributed by atoms with Gasteiger partial charge in [-0.2, -0.15) is 0 Å². The lowest BCUT2D eigenvalue weighted by atomic mass is 10.0. The van der Waals surface area contributed by atoms with Gasteiger partial charge in [0.25, 0.3) is 0 Å². The van der Waals surface area contributed by atoms with E-state index in [-0.39, 0.29) is 24.8 Å². The number of pyridine rings is 1. The van der Waals surface area contributed by atoms with Gasteiger partial charge < -0.3 is 9.88 Å². The number of hydrogen-bond donors (Lipinski definition) is 1. The first-order valence-corrected chi connectivity index (χ1v) is 5.88.